The Morgan fingerprint density at radius 3 is 1.55 bits per heavy atom. The molecule has 170 valence electrons. The summed E-state index contributed by atoms with van der Waals surface area (Å²) in [6.45, 7) is 2.29. The SMILES string of the molecule is CCCCCCCCC1CCC1.NC(=O)NCP(=O)(CNC(N)=O)CNC(N)=O. The maximum absolute atomic E-state index is 12.1. The van der Waals surface area contributed by atoms with Crippen molar-refractivity contribution in [3.63, 3.8) is 0 Å². The number of carbonyl (C=O) groups is 3. The maximum atomic E-state index is 12.1. The second-order valence-corrected chi connectivity index (χ2v) is 10.6. The number of unbranched alkanes of at least 4 members (excludes halogenated alkanes) is 5. The van der Waals surface area contributed by atoms with Gasteiger partial charge in [0.15, 0.2) is 0 Å². The Balaban J connectivity index is 0.000000571. The van der Waals surface area contributed by atoms with Gasteiger partial charge in [-0.3, -0.25) is 0 Å². The number of nitrogens with two attached hydrogens (primary N) is 3. The van der Waals surface area contributed by atoms with Crippen molar-refractivity contribution in [2.24, 2.45) is 23.1 Å². The number of hydrogen-bond donors (Lipinski definition) is 6. The first-order chi connectivity index (χ1) is 13.7. The lowest BCUT2D eigenvalue weighted by Gasteiger charge is -2.24. The van der Waals surface area contributed by atoms with Crippen LogP contribution in [0.3, 0.4) is 0 Å². The van der Waals surface area contributed by atoms with Crippen LogP contribution in [0.15, 0.2) is 0 Å². The fourth-order valence-electron chi connectivity index (χ4n) is 2.83. The predicted molar refractivity (Wildman–Crippen MR) is 116 cm³/mol. The Morgan fingerprint density at radius 1 is 0.793 bits per heavy atom. The molecule has 1 rings (SSSR count). The van der Waals surface area contributed by atoms with Crippen molar-refractivity contribution in [2.45, 2.75) is 71.1 Å². The summed E-state index contributed by atoms with van der Waals surface area (Å²) in [4.78, 5) is 31.5. The zero-order chi connectivity index (χ0) is 22.1. The molecule has 1 aliphatic rings. The van der Waals surface area contributed by atoms with E-state index in [1.165, 1.54) is 64.2 Å². The van der Waals surface area contributed by atoms with Crippen LogP contribution in [0.4, 0.5) is 14.4 Å². The van der Waals surface area contributed by atoms with Crippen molar-refractivity contribution < 1.29 is 18.9 Å². The Kier molecular flexibility index (Phi) is 14.8. The summed E-state index contributed by atoms with van der Waals surface area (Å²) < 4.78 is 12.1. The summed E-state index contributed by atoms with van der Waals surface area (Å²) in [5.74, 6) is 1.14. The van der Waals surface area contributed by atoms with Crippen molar-refractivity contribution in [1.29, 1.82) is 0 Å². The van der Waals surface area contributed by atoms with Crippen molar-refractivity contribution in [3.8, 4) is 0 Å². The van der Waals surface area contributed by atoms with Crippen LogP contribution < -0.4 is 33.2 Å². The normalized spacial score (nSPS) is 13.4. The summed E-state index contributed by atoms with van der Waals surface area (Å²) in [6, 6.07) is -2.62. The molecule has 6 amide bonds. The van der Waals surface area contributed by atoms with E-state index in [0.717, 1.165) is 5.92 Å². The zero-order valence-electron chi connectivity index (χ0n) is 17.6. The topological polar surface area (TPSA) is 182 Å². The van der Waals surface area contributed by atoms with E-state index in [0.29, 0.717) is 0 Å². The van der Waals surface area contributed by atoms with Crippen LogP contribution in [0.25, 0.3) is 0 Å². The van der Waals surface area contributed by atoms with Crippen LogP contribution in [0.5, 0.6) is 0 Å². The quantitative estimate of drug-likeness (QED) is 0.192. The minimum atomic E-state index is -3.12. The fraction of sp³-hybridized carbons (Fsp3) is 0.833. The standard InChI is InChI=1S/C12H24.C6H15N6O4P/c1-2-3-4-5-6-7-9-12-10-8-11-12;7-4(13)10-1-17(16,2-11-5(8)14)3-12-6(9)15/h12H,2-11H2,1H3;1-3H2,(H3,7,10,13)(H3,8,11,14)(H3,9,12,15). The van der Waals surface area contributed by atoms with Gasteiger partial charge in [0.2, 0.25) is 0 Å². The van der Waals surface area contributed by atoms with Crippen molar-refractivity contribution in [2.75, 3.05) is 18.9 Å². The Morgan fingerprint density at radius 2 is 1.21 bits per heavy atom. The van der Waals surface area contributed by atoms with Gasteiger partial charge in [-0.1, -0.05) is 71.1 Å². The highest BCUT2D eigenvalue weighted by Crippen LogP contribution is 2.41. The molecule has 0 aromatic heterocycles. The molecule has 1 fully saturated rings. The molecule has 11 heteroatoms. The molecule has 1 saturated carbocycles. The van der Waals surface area contributed by atoms with E-state index in [2.05, 4.69) is 22.9 Å². The first-order valence-corrected chi connectivity index (χ1v) is 12.6. The monoisotopic (exact) mass is 434 g/mol. The third kappa shape index (κ3) is 16.7. The van der Waals surface area contributed by atoms with Gasteiger partial charge in [-0.2, -0.15) is 0 Å². The highest BCUT2D eigenvalue weighted by molar-refractivity contribution is 7.63. The van der Waals surface area contributed by atoms with Gasteiger partial charge in [-0.25, -0.2) is 14.4 Å². The Labute approximate surface area is 173 Å². The molecule has 0 aromatic carbocycles. The number of nitrogens with one attached hydrogen (secondary N) is 3. The highest BCUT2D eigenvalue weighted by atomic mass is 31.2. The van der Waals surface area contributed by atoms with Gasteiger partial charge in [0.1, 0.15) is 7.14 Å². The molecule has 0 bridgehead atoms. The predicted octanol–water partition coefficient (Wildman–Crippen LogP) is 2.76. The van der Waals surface area contributed by atoms with E-state index in [-0.39, 0.29) is 18.9 Å². The molecule has 0 spiro atoms. The van der Waals surface area contributed by atoms with Crippen LogP contribution in [-0.2, 0) is 4.57 Å². The van der Waals surface area contributed by atoms with Gasteiger partial charge in [0.25, 0.3) is 0 Å². The molecule has 0 saturated heterocycles. The maximum Gasteiger partial charge on any atom is 0.312 e. The summed E-state index contributed by atoms with van der Waals surface area (Å²) in [6.07, 6.45) is 14.0. The number of hydrogen-bond acceptors (Lipinski definition) is 4. The highest BCUT2D eigenvalue weighted by Gasteiger charge is 2.23. The number of amides is 6. The fourth-order valence-corrected chi connectivity index (χ4v) is 4.50. The number of rotatable bonds is 13. The summed E-state index contributed by atoms with van der Waals surface area (Å²) in [7, 11) is -3.12. The van der Waals surface area contributed by atoms with E-state index >= 15 is 0 Å². The van der Waals surface area contributed by atoms with Crippen LogP contribution in [0, 0.1) is 5.92 Å². The van der Waals surface area contributed by atoms with Crippen molar-refractivity contribution in [1.82, 2.24) is 16.0 Å². The minimum Gasteiger partial charge on any atom is -0.352 e. The van der Waals surface area contributed by atoms with Gasteiger partial charge in [0, 0.05) is 0 Å². The molecule has 0 unspecified atom stereocenters. The van der Waals surface area contributed by atoms with Crippen LogP contribution in [-0.4, -0.2) is 37.0 Å². The van der Waals surface area contributed by atoms with Gasteiger partial charge in [-0.15, -0.1) is 0 Å². The van der Waals surface area contributed by atoms with Crippen molar-refractivity contribution in [3.05, 3.63) is 0 Å². The first-order valence-electron chi connectivity index (χ1n) is 10.4. The molecular weight excluding hydrogens is 395 g/mol. The van der Waals surface area contributed by atoms with Crippen LogP contribution >= 0.6 is 7.14 Å². The number of carbonyl (C=O) groups excluding carboxylic acids is 3. The lowest BCUT2D eigenvalue weighted by Crippen LogP contribution is -2.38. The van der Waals surface area contributed by atoms with Crippen LogP contribution in [0.2, 0.25) is 0 Å². The second kappa shape index (κ2) is 15.9. The molecule has 0 aromatic rings. The summed E-state index contributed by atoms with van der Waals surface area (Å²) >= 11 is 0. The third-order valence-corrected chi connectivity index (χ3v) is 7.02. The molecule has 0 radical (unpaired) electrons. The molecular formula is C18H39N6O4P. The van der Waals surface area contributed by atoms with E-state index in [9.17, 15) is 18.9 Å². The average Bonchev–Trinajstić information content (AvgIpc) is 2.62. The number of primary amides is 3. The summed E-state index contributed by atoms with van der Waals surface area (Å²) in [5.41, 5.74) is 14.4. The van der Waals surface area contributed by atoms with Crippen molar-refractivity contribution >= 4 is 25.2 Å². The van der Waals surface area contributed by atoms with E-state index < -0.39 is 25.2 Å². The molecule has 0 aliphatic heterocycles. The van der Waals surface area contributed by atoms with E-state index in [4.69, 9.17) is 17.2 Å². The zero-order valence-corrected chi connectivity index (χ0v) is 18.5. The van der Waals surface area contributed by atoms with Gasteiger partial charge in [-0.05, 0) is 5.92 Å². The number of urea groups is 3. The average molecular weight is 435 g/mol. The Hall–Kier alpha value is -1.96. The lowest BCUT2D eigenvalue weighted by atomic mass is 9.81. The smallest absolute Gasteiger partial charge is 0.312 e. The summed E-state index contributed by atoms with van der Waals surface area (Å²) in [5, 5.41) is 6.38. The Bertz CT molecular complexity index is 490. The molecule has 10 nitrogen and oxygen atoms in total. The van der Waals surface area contributed by atoms with Gasteiger partial charge in [0.05, 0.1) is 18.9 Å². The van der Waals surface area contributed by atoms with Gasteiger partial charge >= 0.3 is 18.1 Å². The van der Waals surface area contributed by atoms with Crippen LogP contribution in [0.1, 0.15) is 71.1 Å². The molecule has 1 aliphatic carbocycles. The van der Waals surface area contributed by atoms with E-state index in [1.807, 2.05) is 0 Å². The minimum absolute atomic E-state index is 0.289. The molecule has 29 heavy (non-hydrogen) atoms. The third-order valence-electron chi connectivity index (χ3n) is 4.82. The van der Waals surface area contributed by atoms with E-state index in [1.54, 1.807) is 0 Å². The molecule has 0 atom stereocenters. The van der Waals surface area contributed by atoms with Gasteiger partial charge < -0.3 is 37.7 Å². The lowest BCUT2D eigenvalue weighted by molar-refractivity contribution is 0.250. The molecule has 0 heterocycles. The first kappa shape index (κ1) is 27.0. The largest absolute Gasteiger partial charge is 0.352 e. The second-order valence-electron chi connectivity index (χ2n) is 7.51. The molecule has 9 N–H and O–H groups in total.